The van der Waals surface area contributed by atoms with Crippen molar-refractivity contribution in [1.82, 2.24) is 0 Å². The molecule has 0 nitrogen and oxygen atoms in total. The maximum Gasteiger partial charge on any atom is -0.0411 e. The number of hydrogen-bond donors (Lipinski definition) is 0. The van der Waals surface area contributed by atoms with E-state index in [-0.39, 0.29) is 7.43 Å². The topological polar surface area (TPSA) is 0 Å². The molecule has 21 heavy (non-hydrogen) atoms. The van der Waals surface area contributed by atoms with E-state index in [4.69, 9.17) is 0 Å². The summed E-state index contributed by atoms with van der Waals surface area (Å²) in [6.45, 7) is 25.5. The van der Waals surface area contributed by atoms with Crippen LogP contribution in [-0.2, 0) is 0 Å². The molecular formula is C21H46. The first-order chi connectivity index (χ1) is 9.00. The maximum atomic E-state index is 2.19. The molecule has 1 aromatic rings. The van der Waals surface area contributed by atoms with Crippen LogP contribution in [0.3, 0.4) is 0 Å². The molecule has 0 spiro atoms. The van der Waals surface area contributed by atoms with Gasteiger partial charge in [0.1, 0.15) is 0 Å². The van der Waals surface area contributed by atoms with Gasteiger partial charge in [-0.15, -0.1) is 0 Å². The lowest BCUT2D eigenvalue weighted by Gasteiger charge is -2.05. The fourth-order valence-electron chi connectivity index (χ4n) is 0.385. The van der Waals surface area contributed by atoms with Crippen molar-refractivity contribution in [3.63, 3.8) is 0 Å². The zero-order valence-corrected chi connectivity index (χ0v) is 16.5. The van der Waals surface area contributed by atoms with Gasteiger partial charge in [0.25, 0.3) is 0 Å². The summed E-state index contributed by atoms with van der Waals surface area (Å²) in [4.78, 5) is 0. The molecule has 0 aliphatic heterocycles. The molecule has 0 fully saturated rings. The Morgan fingerprint density at radius 2 is 0.429 bits per heavy atom. The van der Waals surface area contributed by atoms with Gasteiger partial charge in [0, 0.05) is 0 Å². The van der Waals surface area contributed by atoms with Crippen LogP contribution in [0.4, 0.5) is 0 Å². The second-order valence-electron chi connectivity index (χ2n) is 7.15. The third kappa shape index (κ3) is 209. The van der Waals surface area contributed by atoms with Gasteiger partial charge in [0.2, 0.25) is 0 Å². The SMILES string of the molecule is C.CC.CC.CC(C)(C)C.CC(C)(C)C.c1ccccc1. The standard InChI is InChI=1S/C6H6.2C5H12.2C2H6.CH4/c1-2-4-6-5-3-1;2*1-5(2,3)4;2*1-2;/h1-6H;2*1-4H3;2*1-2H3;1H4. The molecule has 0 N–H and O–H groups in total. The molecule has 0 heteroatoms. The Hall–Kier alpha value is -0.780. The molecule has 1 rings (SSSR count). The summed E-state index contributed by atoms with van der Waals surface area (Å²) in [5.74, 6) is 0. The van der Waals surface area contributed by atoms with Crippen LogP contribution in [0.25, 0.3) is 0 Å². The Morgan fingerprint density at radius 1 is 0.381 bits per heavy atom. The first-order valence-corrected chi connectivity index (χ1v) is 8.00. The van der Waals surface area contributed by atoms with Gasteiger partial charge in [0.05, 0.1) is 0 Å². The zero-order valence-electron chi connectivity index (χ0n) is 16.5. The predicted molar refractivity (Wildman–Crippen MR) is 106 cm³/mol. The molecule has 0 aliphatic rings. The van der Waals surface area contributed by atoms with E-state index in [1.807, 2.05) is 64.1 Å². The van der Waals surface area contributed by atoms with Gasteiger partial charge in [-0.3, -0.25) is 0 Å². The Kier molecular flexibility index (Phi) is 33.0. The van der Waals surface area contributed by atoms with Crippen molar-refractivity contribution >= 4 is 0 Å². The largest absolute Gasteiger partial charge is 0.0776 e. The van der Waals surface area contributed by atoms with E-state index in [0.29, 0.717) is 10.8 Å². The average Bonchev–Trinajstić information content (AvgIpc) is 2.32. The smallest absolute Gasteiger partial charge is 0.0411 e. The summed E-state index contributed by atoms with van der Waals surface area (Å²) in [5.41, 5.74) is 1.00. The van der Waals surface area contributed by atoms with Crippen LogP contribution in [-0.4, -0.2) is 0 Å². The fourth-order valence-corrected chi connectivity index (χ4v) is 0.385. The number of hydrogen-bond acceptors (Lipinski definition) is 0. The van der Waals surface area contributed by atoms with Crippen LogP contribution < -0.4 is 0 Å². The monoisotopic (exact) mass is 298 g/mol. The van der Waals surface area contributed by atoms with E-state index in [9.17, 15) is 0 Å². The van der Waals surface area contributed by atoms with Crippen LogP contribution in [0.1, 0.15) is 90.5 Å². The molecule has 0 unspecified atom stereocenters. The van der Waals surface area contributed by atoms with Crippen molar-refractivity contribution in [1.29, 1.82) is 0 Å². The van der Waals surface area contributed by atoms with E-state index >= 15 is 0 Å². The lowest BCUT2D eigenvalue weighted by Crippen LogP contribution is -1.93. The highest BCUT2D eigenvalue weighted by Crippen LogP contribution is 2.08. The van der Waals surface area contributed by atoms with Crippen LogP contribution >= 0.6 is 0 Å². The molecule has 0 aromatic heterocycles. The Balaban J connectivity index is -0.0000000536. The fraction of sp³-hybridized carbons (Fsp3) is 0.714. The van der Waals surface area contributed by atoms with Gasteiger partial charge in [0.15, 0.2) is 0 Å². The van der Waals surface area contributed by atoms with Crippen molar-refractivity contribution in [3.05, 3.63) is 36.4 Å². The molecule has 0 aliphatic carbocycles. The molecule has 130 valence electrons. The van der Waals surface area contributed by atoms with E-state index in [1.54, 1.807) is 0 Å². The average molecular weight is 299 g/mol. The van der Waals surface area contributed by atoms with Crippen LogP contribution in [0.15, 0.2) is 36.4 Å². The minimum atomic E-state index is 0. The second-order valence-corrected chi connectivity index (χ2v) is 7.15. The highest BCUT2D eigenvalue weighted by atomic mass is 14.0. The van der Waals surface area contributed by atoms with Crippen molar-refractivity contribution in [3.8, 4) is 0 Å². The third-order valence-corrected chi connectivity index (χ3v) is 0.667. The summed E-state index contributed by atoms with van der Waals surface area (Å²) >= 11 is 0. The maximum absolute atomic E-state index is 2.19. The van der Waals surface area contributed by atoms with Crippen LogP contribution in [0.5, 0.6) is 0 Å². The Morgan fingerprint density at radius 3 is 0.476 bits per heavy atom. The van der Waals surface area contributed by atoms with Gasteiger partial charge in [-0.25, -0.2) is 0 Å². The van der Waals surface area contributed by atoms with E-state index in [1.165, 1.54) is 0 Å². The number of rotatable bonds is 0. The summed E-state index contributed by atoms with van der Waals surface area (Å²) in [6, 6.07) is 12.0. The second kappa shape index (κ2) is 21.5. The molecule has 0 saturated carbocycles. The molecule has 0 radical (unpaired) electrons. The highest BCUT2D eigenvalue weighted by Gasteiger charge is 1.96. The lowest BCUT2D eigenvalue weighted by atomic mass is 10.0. The van der Waals surface area contributed by atoms with Gasteiger partial charge in [-0.1, -0.05) is 127 Å². The Bertz CT molecular complexity index is 170. The third-order valence-electron chi connectivity index (χ3n) is 0.667. The Labute approximate surface area is 138 Å². The van der Waals surface area contributed by atoms with E-state index in [2.05, 4.69) is 55.4 Å². The molecule has 0 heterocycles. The summed E-state index contributed by atoms with van der Waals surface area (Å²) in [6.07, 6.45) is 0. The quantitative estimate of drug-likeness (QED) is 0.450. The normalized spacial score (nSPS) is 8.57. The van der Waals surface area contributed by atoms with Crippen molar-refractivity contribution in [2.24, 2.45) is 10.8 Å². The van der Waals surface area contributed by atoms with Crippen molar-refractivity contribution in [2.45, 2.75) is 90.5 Å². The van der Waals surface area contributed by atoms with Crippen LogP contribution in [0.2, 0.25) is 0 Å². The molecule has 1 aromatic carbocycles. The summed E-state index contributed by atoms with van der Waals surface area (Å²) in [7, 11) is 0. The van der Waals surface area contributed by atoms with Gasteiger partial charge >= 0.3 is 0 Å². The predicted octanol–water partition coefficient (Wildman–Crippen LogP) is 8.48. The lowest BCUT2D eigenvalue weighted by molar-refractivity contribution is 0.469. The minimum Gasteiger partial charge on any atom is -0.0776 e. The number of benzene rings is 1. The molecule has 0 amide bonds. The zero-order chi connectivity index (χ0) is 17.2. The van der Waals surface area contributed by atoms with Crippen molar-refractivity contribution in [2.75, 3.05) is 0 Å². The van der Waals surface area contributed by atoms with Gasteiger partial charge < -0.3 is 0 Å². The minimum absolute atomic E-state index is 0. The summed E-state index contributed by atoms with van der Waals surface area (Å²) < 4.78 is 0. The van der Waals surface area contributed by atoms with E-state index in [0.717, 1.165) is 0 Å². The highest BCUT2D eigenvalue weighted by molar-refractivity contribution is 4.99. The molecular weight excluding hydrogens is 252 g/mol. The molecule has 0 saturated heterocycles. The van der Waals surface area contributed by atoms with Gasteiger partial charge in [-0.2, -0.15) is 0 Å². The van der Waals surface area contributed by atoms with Crippen LogP contribution in [0, 0.1) is 10.8 Å². The van der Waals surface area contributed by atoms with E-state index < -0.39 is 0 Å². The first-order valence-electron chi connectivity index (χ1n) is 8.00. The van der Waals surface area contributed by atoms with Crippen molar-refractivity contribution < 1.29 is 0 Å². The molecule has 0 atom stereocenters. The summed E-state index contributed by atoms with van der Waals surface area (Å²) in [5, 5.41) is 0. The van der Waals surface area contributed by atoms with Gasteiger partial charge in [-0.05, 0) is 10.8 Å². The molecule has 0 bridgehead atoms. The first kappa shape index (κ1) is 32.2.